The van der Waals surface area contributed by atoms with E-state index in [1.54, 1.807) is 6.92 Å². The molecule has 0 radical (unpaired) electrons. The van der Waals surface area contributed by atoms with Crippen molar-refractivity contribution in [2.75, 3.05) is 12.3 Å². The number of carbonyl (C=O) groups is 1. The molecule has 5 nitrogen and oxygen atoms in total. The van der Waals surface area contributed by atoms with E-state index in [0.717, 1.165) is 17.5 Å². The number of nitrogens with zero attached hydrogens (tertiary/aromatic N) is 1. The molecule has 0 saturated carbocycles. The van der Waals surface area contributed by atoms with E-state index in [2.05, 4.69) is 10.3 Å². The quantitative estimate of drug-likeness (QED) is 0.845. The second-order valence-electron chi connectivity index (χ2n) is 5.47. The standard InChI is InChI=1S/C17H22N2O3S/c1-4-8-18-16(20)11-23(21)10-15-13(3)22-17(19-15)14-7-5-6-12(2)9-14/h5-7,9H,4,8,10-11H2,1-3H3,(H,18,20)/t23-/m1/s1. The zero-order valence-corrected chi connectivity index (χ0v) is 14.5. The molecule has 6 heteroatoms. The number of oxazole rings is 1. The zero-order chi connectivity index (χ0) is 16.8. The molecule has 1 heterocycles. The van der Waals surface area contributed by atoms with Gasteiger partial charge in [-0.15, -0.1) is 0 Å². The van der Waals surface area contributed by atoms with E-state index < -0.39 is 10.8 Å². The third-order valence-corrected chi connectivity index (χ3v) is 4.50. The Kier molecular flexibility index (Phi) is 6.10. The number of hydrogen-bond acceptors (Lipinski definition) is 4. The Balaban J connectivity index is 2.04. The van der Waals surface area contributed by atoms with Crippen molar-refractivity contribution >= 4 is 16.7 Å². The van der Waals surface area contributed by atoms with Gasteiger partial charge >= 0.3 is 0 Å². The molecule has 1 amide bonds. The van der Waals surface area contributed by atoms with Crippen LogP contribution in [0.2, 0.25) is 0 Å². The lowest BCUT2D eigenvalue weighted by Crippen LogP contribution is -2.29. The highest BCUT2D eigenvalue weighted by atomic mass is 32.2. The Morgan fingerprint density at radius 3 is 2.83 bits per heavy atom. The molecule has 1 atom stereocenters. The smallest absolute Gasteiger partial charge is 0.232 e. The van der Waals surface area contributed by atoms with Crippen molar-refractivity contribution in [1.29, 1.82) is 0 Å². The van der Waals surface area contributed by atoms with Crippen molar-refractivity contribution in [2.45, 2.75) is 32.9 Å². The summed E-state index contributed by atoms with van der Waals surface area (Å²) in [5.41, 5.74) is 2.66. The molecule has 23 heavy (non-hydrogen) atoms. The van der Waals surface area contributed by atoms with Crippen LogP contribution in [0.4, 0.5) is 0 Å². The van der Waals surface area contributed by atoms with Crippen LogP contribution in [0.3, 0.4) is 0 Å². The number of nitrogens with one attached hydrogen (secondary N) is 1. The van der Waals surface area contributed by atoms with E-state index in [9.17, 15) is 9.00 Å². The van der Waals surface area contributed by atoms with Crippen molar-refractivity contribution in [3.8, 4) is 11.5 Å². The van der Waals surface area contributed by atoms with Crippen LogP contribution >= 0.6 is 0 Å². The number of aromatic nitrogens is 1. The van der Waals surface area contributed by atoms with Gasteiger partial charge in [-0.2, -0.15) is 0 Å². The molecule has 1 aromatic carbocycles. The van der Waals surface area contributed by atoms with E-state index in [4.69, 9.17) is 4.42 Å². The predicted molar refractivity (Wildman–Crippen MR) is 91.4 cm³/mol. The van der Waals surface area contributed by atoms with Crippen molar-refractivity contribution < 1.29 is 13.4 Å². The first-order chi connectivity index (χ1) is 11.0. The molecule has 0 aliphatic heterocycles. The maximum Gasteiger partial charge on any atom is 0.232 e. The molecule has 0 aliphatic carbocycles. The molecule has 124 valence electrons. The summed E-state index contributed by atoms with van der Waals surface area (Å²) in [7, 11) is -1.30. The maximum absolute atomic E-state index is 12.1. The summed E-state index contributed by atoms with van der Waals surface area (Å²) < 4.78 is 17.8. The molecular weight excluding hydrogens is 312 g/mol. The average molecular weight is 334 g/mol. The lowest BCUT2D eigenvalue weighted by atomic mass is 10.1. The van der Waals surface area contributed by atoms with Gasteiger partial charge in [-0.3, -0.25) is 9.00 Å². The van der Waals surface area contributed by atoms with Gasteiger partial charge in [-0.25, -0.2) is 4.98 Å². The lowest BCUT2D eigenvalue weighted by Gasteiger charge is -2.02. The fourth-order valence-corrected chi connectivity index (χ4v) is 3.20. The van der Waals surface area contributed by atoms with Crippen LogP contribution in [0.25, 0.3) is 11.5 Å². The monoisotopic (exact) mass is 334 g/mol. The molecule has 0 saturated heterocycles. The minimum atomic E-state index is -1.30. The Bertz CT molecular complexity index is 710. The van der Waals surface area contributed by atoms with Crippen LogP contribution in [0.5, 0.6) is 0 Å². The number of amides is 1. The number of aryl methyl sites for hydroxylation is 2. The van der Waals surface area contributed by atoms with Crippen LogP contribution in [0.1, 0.15) is 30.4 Å². The molecular formula is C17H22N2O3S. The van der Waals surface area contributed by atoms with Crippen LogP contribution in [-0.2, 0) is 21.3 Å². The Morgan fingerprint density at radius 1 is 1.35 bits per heavy atom. The van der Waals surface area contributed by atoms with Crippen molar-refractivity contribution in [3.05, 3.63) is 41.3 Å². The normalized spacial score (nSPS) is 12.1. The van der Waals surface area contributed by atoms with Crippen molar-refractivity contribution in [2.24, 2.45) is 0 Å². The van der Waals surface area contributed by atoms with Crippen LogP contribution < -0.4 is 5.32 Å². The highest BCUT2D eigenvalue weighted by Crippen LogP contribution is 2.23. The molecule has 2 aromatic rings. The summed E-state index contributed by atoms with van der Waals surface area (Å²) in [5.74, 6) is 1.19. The highest BCUT2D eigenvalue weighted by Gasteiger charge is 2.15. The average Bonchev–Trinajstić information content (AvgIpc) is 2.86. The molecule has 0 aliphatic rings. The molecule has 1 aromatic heterocycles. The topological polar surface area (TPSA) is 72.2 Å². The summed E-state index contributed by atoms with van der Waals surface area (Å²) in [6.45, 7) is 6.39. The summed E-state index contributed by atoms with van der Waals surface area (Å²) in [5, 5.41) is 2.73. The van der Waals surface area contributed by atoms with Crippen molar-refractivity contribution in [3.63, 3.8) is 0 Å². The molecule has 1 N–H and O–H groups in total. The van der Waals surface area contributed by atoms with E-state index in [0.29, 0.717) is 23.9 Å². The van der Waals surface area contributed by atoms with Gasteiger partial charge in [-0.1, -0.05) is 24.6 Å². The Morgan fingerprint density at radius 2 is 2.13 bits per heavy atom. The fourth-order valence-electron chi connectivity index (χ4n) is 2.13. The van der Waals surface area contributed by atoms with Gasteiger partial charge in [0, 0.05) is 22.9 Å². The van der Waals surface area contributed by atoms with Gasteiger partial charge in [0.2, 0.25) is 11.8 Å². The lowest BCUT2D eigenvalue weighted by molar-refractivity contribution is -0.118. The number of carbonyl (C=O) groups excluding carboxylic acids is 1. The Labute approximate surface area is 139 Å². The van der Waals surface area contributed by atoms with Gasteiger partial charge < -0.3 is 9.73 Å². The fraction of sp³-hybridized carbons (Fsp3) is 0.412. The van der Waals surface area contributed by atoms with E-state index in [-0.39, 0.29) is 17.4 Å². The summed E-state index contributed by atoms with van der Waals surface area (Å²) >= 11 is 0. The SMILES string of the molecule is CCCNC(=O)C[S@](=O)Cc1nc(-c2cccc(C)c2)oc1C. The molecule has 0 unspecified atom stereocenters. The largest absolute Gasteiger partial charge is 0.441 e. The number of rotatable bonds is 7. The van der Waals surface area contributed by atoms with Gasteiger partial charge in [0.05, 0.1) is 11.4 Å². The second kappa shape index (κ2) is 8.06. The second-order valence-corrected chi connectivity index (χ2v) is 6.93. The van der Waals surface area contributed by atoms with Crippen LogP contribution in [0, 0.1) is 13.8 Å². The first-order valence-electron chi connectivity index (χ1n) is 7.64. The minimum Gasteiger partial charge on any atom is -0.441 e. The minimum absolute atomic E-state index is 0.00786. The van der Waals surface area contributed by atoms with Gasteiger partial charge in [-0.05, 0) is 32.4 Å². The predicted octanol–water partition coefficient (Wildman–Crippen LogP) is 2.73. The van der Waals surface area contributed by atoms with Crippen LogP contribution in [0.15, 0.2) is 28.7 Å². The molecule has 0 fully saturated rings. The highest BCUT2D eigenvalue weighted by molar-refractivity contribution is 7.84. The van der Waals surface area contributed by atoms with E-state index >= 15 is 0 Å². The molecule has 0 bridgehead atoms. The first kappa shape index (κ1) is 17.4. The first-order valence-corrected chi connectivity index (χ1v) is 9.13. The molecule has 0 spiro atoms. The van der Waals surface area contributed by atoms with E-state index in [1.807, 2.05) is 38.1 Å². The zero-order valence-electron chi connectivity index (χ0n) is 13.7. The summed E-state index contributed by atoms with van der Waals surface area (Å²) in [4.78, 5) is 16.0. The molecule has 2 rings (SSSR count). The van der Waals surface area contributed by atoms with E-state index in [1.165, 1.54) is 0 Å². The number of hydrogen-bond donors (Lipinski definition) is 1. The third kappa shape index (κ3) is 5.03. The summed E-state index contributed by atoms with van der Waals surface area (Å²) in [6, 6.07) is 7.87. The summed E-state index contributed by atoms with van der Waals surface area (Å²) in [6.07, 6.45) is 0.862. The Hall–Kier alpha value is -1.95. The van der Waals surface area contributed by atoms with Gasteiger partial charge in [0.1, 0.15) is 11.5 Å². The van der Waals surface area contributed by atoms with Gasteiger partial charge in [0.15, 0.2) is 0 Å². The van der Waals surface area contributed by atoms with Crippen LogP contribution in [-0.4, -0.2) is 27.4 Å². The third-order valence-electron chi connectivity index (χ3n) is 3.32. The van der Waals surface area contributed by atoms with Crippen molar-refractivity contribution in [1.82, 2.24) is 10.3 Å². The maximum atomic E-state index is 12.1. The van der Waals surface area contributed by atoms with Gasteiger partial charge in [0.25, 0.3) is 0 Å². The number of benzene rings is 1.